The van der Waals surface area contributed by atoms with Gasteiger partial charge in [0, 0.05) is 0 Å². The molecule has 0 amide bonds. The van der Waals surface area contributed by atoms with Crippen molar-refractivity contribution in [2.75, 3.05) is 0 Å². The summed E-state index contributed by atoms with van der Waals surface area (Å²) in [7, 11) is 0. The maximum absolute atomic E-state index is 8.64. The SMILES string of the molecule is [MgH+].[OH-].[O]=[Pr](=[O])=[O]. The Bertz CT molecular complexity index is 76.9. The van der Waals surface area contributed by atoms with Crippen LogP contribution in [0.4, 0.5) is 0 Å². The van der Waals surface area contributed by atoms with Gasteiger partial charge in [0.05, 0.1) is 0 Å². The van der Waals surface area contributed by atoms with E-state index in [9.17, 15) is 0 Å². The van der Waals surface area contributed by atoms with Crippen LogP contribution in [0.1, 0.15) is 0 Å². The van der Waals surface area contributed by atoms with Crippen LogP contribution in [0.25, 0.3) is 0 Å². The standard InChI is InChI=1S/Mg.H2O.3O.Pr.H/h;1H2;;;;;/q+1;;;;;;/p-1. The first-order chi connectivity index (χ1) is 1.73. The quantitative estimate of drug-likeness (QED) is 0.491. The molecule has 0 aliphatic rings. The summed E-state index contributed by atoms with van der Waals surface area (Å²) in [6.45, 7) is 0. The van der Waals surface area contributed by atoms with E-state index in [2.05, 4.69) is 0 Å². The third-order valence-electron chi connectivity index (χ3n) is 0. The Hall–Kier alpha value is 1.49. The summed E-state index contributed by atoms with van der Waals surface area (Å²) in [5.41, 5.74) is 0. The summed E-state index contributed by atoms with van der Waals surface area (Å²) in [4.78, 5) is 0. The molecule has 0 saturated heterocycles. The minimum absolute atomic E-state index is 0. The molecule has 0 radical (unpaired) electrons. The molecule has 0 spiro atoms. The third-order valence-corrected chi connectivity index (χ3v) is 0. The van der Waals surface area contributed by atoms with Crippen LogP contribution in [0.2, 0.25) is 0 Å². The van der Waals surface area contributed by atoms with Crippen LogP contribution in [0.3, 0.4) is 0 Å². The van der Waals surface area contributed by atoms with Crippen LogP contribution >= 0.6 is 0 Å². The van der Waals surface area contributed by atoms with Gasteiger partial charge in [0.2, 0.25) is 0 Å². The second-order valence-electron chi connectivity index (χ2n) is 0.289. The van der Waals surface area contributed by atoms with Gasteiger partial charge < -0.3 is 5.48 Å². The average Bonchev–Trinajstić information content (AvgIpc) is 0.811. The van der Waals surface area contributed by atoms with Gasteiger partial charge in [0.1, 0.15) is 0 Å². The Kier molecular flexibility index (Phi) is 25.3. The van der Waals surface area contributed by atoms with Crippen LogP contribution in [0.15, 0.2) is 0 Å². The molecule has 0 unspecified atom stereocenters. The van der Waals surface area contributed by atoms with Gasteiger partial charge in [-0.15, -0.1) is 0 Å². The van der Waals surface area contributed by atoms with Gasteiger partial charge in [-0.3, -0.25) is 0 Å². The van der Waals surface area contributed by atoms with E-state index in [0.717, 1.165) is 0 Å². The summed E-state index contributed by atoms with van der Waals surface area (Å²) in [6.07, 6.45) is 0. The van der Waals surface area contributed by atoms with Gasteiger partial charge in [-0.2, -0.15) is 0 Å². The summed E-state index contributed by atoms with van der Waals surface area (Å²) < 4.78 is 25.9. The Morgan fingerprint density at radius 3 is 1.00 bits per heavy atom. The molecule has 0 atom stereocenters. The number of hydrogen-bond acceptors (Lipinski definition) is 4. The number of rotatable bonds is 0. The predicted molar refractivity (Wildman–Crippen MR) is 11.1 cm³/mol. The van der Waals surface area contributed by atoms with Gasteiger partial charge in [0.15, 0.2) is 0 Å². The van der Waals surface area contributed by atoms with Crippen molar-refractivity contribution in [3.8, 4) is 0 Å². The average molecular weight is 231 g/mol. The molecule has 0 fully saturated rings. The molecule has 31 valence electrons. The molecular formula is H2MgO4Pr. The fourth-order valence-electron chi connectivity index (χ4n) is 0. The molecule has 4 nitrogen and oxygen atoms in total. The van der Waals surface area contributed by atoms with E-state index in [-0.39, 0.29) is 28.5 Å². The molecule has 0 heterocycles. The van der Waals surface area contributed by atoms with Crippen molar-refractivity contribution in [2.45, 2.75) is 0 Å². The zero-order valence-electron chi connectivity index (χ0n) is 3.25. The van der Waals surface area contributed by atoms with Crippen molar-refractivity contribution < 1.29 is 43.9 Å². The third kappa shape index (κ3) is 49.9. The fraction of sp³-hybridized carbons (Fsp3) is 0. The van der Waals surface area contributed by atoms with Gasteiger partial charge in [-0.05, 0) is 0 Å². The van der Waals surface area contributed by atoms with E-state index >= 15 is 0 Å². The van der Waals surface area contributed by atoms with E-state index in [1.54, 1.807) is 0 Å². The van der Waals surface area contributed by atoms with Crippen molar-refractivity contribution in [1.29, 1.82) is 0 Å². The first-order valence-corrected chi connectivity index (χ1v) is 5.24. The summed E-state index contributed by atoms with van der Waals surface area (Å²) in [6, 6.07) is 0. The van der Waals surface area contributed by atoms with Crippen molar-refractivity contribution in [2.24, 2.45) is 0 Å². The molecule has 0 bridgehead atoms. The molecule has 0 aliphatic carbocycles. The fourth-order valence-corrected chi connectivity index (χ4v) is 0. The monoisotopic (exact) mass is 231 g/mol. The van der Waals surface area contributed by atoms with Crippen LogP contribution in [-0.2, 0) is 2.98 Å². The van der Waals surface area contributed by atoms with E-state index in [4.69, 9.17) is 2.98 Å². The Morgan fingerprint density at radius 1 is 1.00 bits per heavy atom. The summed E-state index contributed by atoms with van der Waals surface area (Å²) in [5, 5.41) is 0. The summed E-state index contributed by atoms with van der Waals surface area (Å²) in [5.74, 6) is 0. The van der Waals surface area contributed by atoms with Crippen molar-refractivity contribution >= 4 is 23.1 Å². The van der Waals surface area contributed by atoms with Crippen LogP contribution in [-0.4, -0.2) is 28.5 Å². The second-order valence-corrected chi connectivity index (χ2v) is 2.14. The topological polar surface area (TPSA) is 81.2 Å². The normalized spacial score (nSPS) is 2.50. The number of hydrogen-bond donors (Lipinski definition) is 0. The zero-order chi connectivity index (χ0) is 3.58. The molecule has 0 aromatic carbocycles. The molecule has 6 heteroatoms. The molecular weight excluding hydrogens is 229 g/mol. The van der Waals surface area contributed by atoms with Crippen LogP contribution in [0.5, 0.6) is 0 Å². The van der Waals surface area contributed by atoms with Crippen molar-refractivity contribution in [3.05, 3.63) is 0 Å². The molecule has 0 aliphatic heterocycles. The Balaban J connectivity index is -0.0000000450. The Labute approximate surface area is 65.7 Å². The van der Waals surface area contributed by atoms with E-state index in [1.807, 2.05) is 0 Å². The first kappa shape index (κ1) is 15.6. The molecule has 6 heavy (non-hydrogen) atoms. The van der Waals surface area contributed by atoms with E-state index in [1.165, 1.54) is 0 Å². The molecule has 0 aromatic heterocycles. The van der Waals surface area contributed by atoms with Gasteiger partial charge in [0.25, 0.3) is 0 Å². The molecule has 0 saturated carbocycles. The molecule has 0 rings (SSSR count). The second kappa shape index (κ2) is 9.70. The van der Waals surface area contributed by atoms with E-state index in [0.29, 0.717) is 0 Å². The maximum atomic E-state index is 8.64. The predicted octanol–water partition coefficient (Wildman–Crippen LogP) is -1.18. The van der Waals surface area contributed by atoms with Crippen LogP contribution < -0.4 is 0 Å². The minimum atomic E-state index is -4.47. The van der Waals surface area contributed by atoms with Crippen molar-refractivity contribution in [3.63, 3.8) is 0 Å². The molecule has 1 N–H and O–H groups in total. The first-order valence-electron chi connectivity index (χ1n) is 0.707. The summed E-state index contributed by atoms with van der Waals surface area (Å²) >= 11 is -4.47. The molecule has 0 aromatic rings. The Morgan fingerprint density at radius 2 is 1.00 bits per heavy atom. The van der Waals surface area contributed by atoms with Gasteiger partial charge >= 0.3 is 61.4 Å². The van der Waals surface area contributed by atoms with Crippen LogP contribution in [0, 0.1) is 35.4 Å². The van der Waals surface area contributed by atoms with E-state index < -0.39 is 35.4 Å². The van der Waals surface area contributed by atoms with Gasteiger partial charge in [-0.25, -0.2) is 0 Å². The zero-order valence-corrected chi connectivity index (χ0v) is 8.95. The van der Waals surface area contributed by atoms with Gasteiger partial charge in [-0.1, -0.05) is 0 Å². The van der Waals surface area contributed by atoms with Crippen molar-refractivity contribution in [1.82, 2.24) is 0 Å².